The van der Waals surface area contributed by atoms with Gasteiger partial charge in [0.05, 0.1) is 5.69 Å². The molecule has 3 rings (SSSR count). The third-order valence-electron chi connectivity index (χ3n) is 4.32. The molecule has 23 heavy (non-hydrogen) atoms. The lowest BCUT2D eigenvalue weighted by atomic mass is 9.89. The fourth-order valence-corrected chi connectivity index (χ4v) is 3.15. The quantitative estimate of drug-likeness (QED) is 0.915. The maximum Gasteiger partial charge on any atom is 0.241 e. The number of aromatic nitrogens is 2. The van der Waals surface area contributed by atoms with Crippen molar-refractivity contribution in [2.75, 3.05) is 6.54 Å². The maximum absolute atomic E-state index is 12.0. The summed E-state index contributed by atoms with van der Waals surface area (Å²) in [6, 6.07) is 7.70. The van der Waals surface area contributed by atoms with Crippen molar-refractivity contribution in [3.05, 3.63) is 52.3 Å². The van der Waals surface area contributed by atoms with Crippen molar-refractivity contribution in [2.24, 2.45) is 5.92 Å². The second-order valence-corrected chi connectivity index (χ2v) is 6.81. The van der Waals surface area contributed by atoms with Gasteiger partial charge in [-0.15, -0.1) is 0 Å². The Morgan fingerprint density at radius 1 is 1.39 bits per heavy atom. The first-order valence-electron chi connectivity index (χ1n) is 8.16. The van der Waals surface area contributed by atoms with Crippen molar-refractivity contribution in [1.82, 2.24) is 15.1 Å². The Labute approximate surface area is 141 Å². The molecule has 122 valence electrons. The highest BCUT2D eigenvalue weighted by atomic mass is 35.5. The van der Waals surface area contributed by atoms with Crippen molar-refractivity contribution in [3.63, 3.8) is 0 Å². The summed E-state index contributed by atoms with van der Waals surface area (Å²) in [6.45, 7) is 3.18. The van der Waals surface area contributed by atoms with E-state index in [9.17, 15) is 4.79 Å². The smallest absolute Gasteiger partial charge is 0.241 e. The highest BCUT2D eigenvalue weighted by Crippen LogP contribution is 2.23. The Hall–Kier alpha value is -1.81. The van der Waals surface area contributed by atoms with Gasteiger partial charge >= 0.3 is 0 Å². The van der Waals surface area contributed by atoms with Gasteiger partial charge in [0.15, 0.2) is 0 Å². The van der Waals surface area contributed by atoms with Crippen LogP contribution in [0.1, 0.15) is 30.2 Å². The predicted molar refractivity (Wildman–Crippen MR) is 91.6 cm³/mol. The summed E-state index contributed by atoms with van der Waals surface area (Å²) in [5.41, 5.74) is 3.63. The molecule has 5 heteroatoms. The van der Waals surface area contributed by atoms with Gasteiger partial charge in [-0.05, 0) is 54.9 Å². The van der Waals surface area contributed by atoms with Crippen LogP contribution in [0.2, 0.25) is 5.02 Å². The van der Waals surface area contributed by atoms with E-state index < -0.39 is 0 Å². The summed E-state index contributed by atoms with van der Waals surface area (Å²) in [7, 11) is 0. The first-order valence-corrected chi connectivity index (χ1v) is 8.54. The molecule has 0 aliphatic heterocycles. The Morgan fingerprint density at radius 2 is 2.17 bits per heavy atom. The van der Waals surface area contributed by atoms with E-state index >= 15 is 0 Å². The van der Waals surface area contributed by atoms with Gasteiger partial charge in [-0.25, -0.2) is 0 Å². The van der Waals surface area contributed by atoms with Gasteiger partial charge in [0, 0.05) is 17.8 Å². The fraction of sp³-hybridized carbons (Fsp3) is 0.444. The first kappa shape index (κ1) is 16.1. The number of nitrogens with one attached hydrogen (secondary N) is 1. The van der Waals surface area contributed by atoms with Gasteiger partial charge < -0.3 is 5.32 Å². The van der Waals surface area contributed by atoms with Crippen LogP contribution < -0.4 is 5.32 Å². The number of halogens is 1. The zero-order chi connectivity index (χ0) is 16.2. The summed E-state index contributed by atoms with van der Waals surface area (Å²) >= 11 is 5.86. The van der Waals surface area contributed by atoms with Crippen molar-refractivity contribution in [3.8, 4) is 0 Å². The van der Waals surface area contributed by atoms with Gasteiger partial charge in [0.25, 0.3) is 0 Å². The summed E-state index contributed by atoms with van der Waals surface area (Å²) in [5.74, 6) is 0.722. The topological polar surface area (TPSA) is 46.9 Å². The Morgan fingerprint density at radius 3 is 2.96 bits per heavy atom. The molecule has 0 fully saturated rings. The van der Waals surface area contributed by atoms with Gasteiger partial charge in [-0.1, -0.05) is 30.7 Å². The predicted octanol–water partition coefficient (Wildman–Crippen LogP) is 3.02. The Balaban J connectivity index is 1.47. The number of nitrogens with zero attached hydrogens (tertiary/aromatic N) is 2. The second-order valence-electron chi connectivity index (χ2n) is 6.37. The molecular formula is C18H22ClN3O. The zero-order valence-corrected chi connectivity index (χ0v) is 14.1. The van der Waals surface area contributed by atoms with E-state index in [-0.39, 0.29) is 5.91 Å². The normalized spacial score (nSPS) is 16.9. The molecule has 1 heterocycles. The molecule has 2 aromatic rings. The molecule has 0 bridgehead atoms. The fourth-order valence-electron chi connectivity index (χ4n) is 3.03. The van der Waals surface area contributed by atoms with E-state index in [1.807, 2.05) is 30.5 Å². The van der Waals surface area contributed by atoms with Gasteiger partial charge in [-0.3, -0.25) is 9.48 Å². The second kappa shape index (κ2) is 7.18. The third-order valence-corrected chi connectivity index (χ3v) is 4.57. The highest BCUT2D eigenvalue weighted by molar-refractivity contribution is 6.30. The van der Waals surface area contributed by atoms with Gasteiger partial charge in [0.1, 0.15) is 6.54 Å². The lowest BCUT2D eigenvalue weighted by molar-refractivity contribution is -0.121. The molecule has 0 saturated carbocycles. The van der Waals surface area contributed by atoms with E-state index in [4.69, 9.17) is 11.6 Å². The van der Waals surface area contributed by atoms with Crippen LogP contribution in [-0.2, 0) is 30.6 Å². The number of benzene rings is 1. The number of fused-ring (bicyclic) bond motifs is 1. The molecule has 1 aliphatic carbocycles. The first-order chi connectivity index (χ1) is 11.1. The lowest BCUT2D eigenvalue weighted by Crippen LogP contribution is -2.29. The minimum Gasteiger partial charge on any atom is -0.354 e. The van der Waals surface area contributed by atoms with Crippen molar-refractivity contribution in [1.29, 1.82) is 0 Å². The van der Waals surface area contributed by atoms with E-state index in [0.29, 0.717) is 19.0 Å². The lowest BCUT2D eigenvalue weighted by Gasteiger charge is -2.15. The molecule has 0 spiro atoms. The third kappa shape index (κ3) is 4.35. The molecule has 1 unspecified atom stereocenters. The minimum atomic E-state index is 0.00635. The minimum absolute atomic E-state index is 0.00635. The number of hydrogen-bond donors (Lipinski definition) is 1. The maximum atomic E-state index is 12.0. The highest BCUT2D eigenvalue weighted by Gasteiger charge is 2.19. The number of amides is 1. The number of aryl methyl sites for hydroxylation is 1. The largest absolute Gasteiger partial charge is 0.354 e. The van der Waals surface area contributed by atoms with Crippen LogP contribution in [0.25, 0.3) is 0 Å². The van der Waals surface area contributed by atoms with Crippen LogP contribution in [-0.4, -0.2) is 22.2 Å². The number of rotatable bonds is 5. The number of hydrogen-bond acceptors (Lipinski definition) is 2. The van der Waals surface area contributed by atoms with Crippen LogP contribution in [0.3, 0.4) is 0 Å². The van der Waals surface area contributed by atoms with Gasteiger partial charge in [-0.2, -0.15) is 5.10 Å². The van der Waals surface area contributed by atoms with Crippen LogP contribution in [0, 0.1) is 5.92 Å². The standard InChI is InChI=1S/C18H22ClN3O/c1-13-2-7-17-15(10-13)11-22(21-17)12-18(23)20-9-8-14-3-5-16(19)6-4-14/h3-6,11,13H,2,7-10,12H2,1H3,(H,20,23). The van der Waals surface area contributed by atoms with Gasteiger partial charge in [0.2, 0.25) is 5.91 Å². The zero-order valence-electron chi connectivity index (χ0n) is 13.4. The Kier molecular flexibility index (Phi) is 5.01. The Bertz CT molecular complexity index is 678. The SMILES string of the molecule is CC1CCc2nn(CC(=O)NCCc3ccc(Cl)cc3)cc2C1. The van der Waals surface area contributed by atoms with E-state index in [0.717, 1.165) is 30.0 Å². The molecule has 0 saturated heterocycles. The van der Waals surface area contributed by atoms with Crippen LogP contribution in [0.15, 0.2) is 30.5 Å². The monoisotopic (exact) mass is 331 g/mol. The van der Waals surface area contributed by atoms with Crippen LogP contribution >= 0.6 is 11.6 Å². The van der Waals surface area contributed by atoms with E-state index in [1.54, 1.807) is 4.68 Å². The molecular weight excluding hydrogens is 310 g/mol. The number of carbonyl (C=O) groups is 1. The molecule has 1 N–H and O–H groups in total. The summed E-state index contributed by atoms with van der Waals surface area (Å²) in [6.07, 6.45) is 6.13. The molecule has 1 aromatic carbocycles. The van der Waals surface area contributed by atoms with Crippen molar-refractivity contribution in [2.45, 2.75) is 39.2 Å². The number of carbonyl (C=O) groups excluding carboxylic acids is 1. The van der Waals surface area contributed by atoms with E-state index in [1.165, 1.54) is 17.5 Å². The van der Waals surface area contributed by atoms with Crippen LogP contribution in [0.4, 0.5) is 0 Å². The van der Waals surface area contributed by atoms with Crippen molar-refractivity contribution >= 4 is 17.5 Å². The van der Waals surface area contributed by atoms with Crippen molar-refractivity contribution < 1.29 is 4.79 Å². The van der Waals surface area contributed by atoms with E-state index in [2.05, 4.69) is 17.3 Å². The molecule has 1 aliphatic rings. The molecule has 4 nitrogen and oxygen atoms in total. The van der Waals surface area contributed by atoms with Crippen LogP contribution in [0.5, 0.6) is 0 Å². The summed E-state index contributed by atoms with van der Waals surface area (Å²) < 4.78 is 1.78. The molecule has 0 radical (unpaired) electrons. The average molecular weight is 332 g/mol. The molecule has 1 amide bonds. The summed E-state index contributed by atoms with van der Waals surface area (Å²) in [5, 5.41) is 8.22. The molecule has 1 atom stereocenters. The molecule has 1 aromatic heterocycles. The summed E-state index contributed by atoms with van der Waals surface area (Å²) in [4.78, 5) is 12.0. The average Bonchev–Trinajstić information content (AvgIpc) is 2.90.